The van der Waals surface area contributed by atoms with Crippen molar-refractivity contribution in [1.82, 2.24) is 0 Å². The topological polar surface area (TPSA) is 64.9 Å². The Morgan fingerprint density at radius 1 is 0.923 bits per heavy atom. The summed E-state index contributed by atoms with van der Waals surface area (Å²) in [5, 5.41) is 17.7. The van der Waals surface area contributed by atoms with Gasteiger partial charge in [0.25, 0.3) is 5.91 Å². The molecule has 3 aromatic carbocycles. The molecule has 0 bridgehead atoms. The molecule has 0 saturated carbocycles. The molecule has 3 rings (SSSR count). The van der Waals surface area contributed by atoms with Crippen LogP contribution in [-0.2, 0) is 4.79 Å². The van der Waals surface area contributed by atoms with E-state index in [0.717, 1.165) is 16.5 Å². The molecule has 0 aliphatic rings. The molecule has 26 heavy (non-hydrogen) atoms. The first-order valence-electron chi connectivity index (χ1n) is 7.69. The maximum atomic E-state index is 12.3. The second-order valence-electron chi connectivity index (χ2n) is 5.46. The Kier molecular flexibility index (Phi) is 5.43. The number of fused-ring (bicyclic) bond motifs is 1. The summed E-state index contributed by atoms with van der Waals surface area (Å²) in [7, 11) is 0. The van der Waals surface area contributed by atoms with Crippen molar-refractivity contribution in [3.05, 3.63) is 82.5 Å². The molecule has 0 saturated heterocycles. The molecule has 4 nitrogen and oxygen atoms in total. The van der Waals surface area contributed by atoms with Crippen LogP contribution in [0.3, 0.4) is 0 Å². The second kappa shape index (κ2) is 7.92. The third-order valence-corrected chi connectivity index (χ3v) is 4.41. The van der Waals surface area contributed by atoms with Gasteiger partial charge in [-0.1, -0.05) is 53.5 Å². The number of nitriles is 1. The maximum Gasteiger partial charge on any atom is 0.267 e. The summed E-state index contributed by atoms with van der Waals surface area (Å²) in [4.78, 5) is 12.3. The van der Waals surface area contributed by atoms with Crippen LogP contribution in [0.15, 0.2) is 72.4 Å². The lowest BCUT2D eigenvalue weighted by molar-refractivity contribution is -0.112. The van der Waals surface area contributed by atoms with E-state index in [1.165, 1.54) is 12.3 Å². The van der Waals surface area contributed by atoms with Crippen molar-refractivity contribution < 1.29 is 4.79 Å². The Labute approximate surface area is 160 Å². The number of nitrogens with one attached hydrogen (secondary N) is 2. The van der Waals surface area contributed by atoms with Gasteiger partial charge >= 0.3 is 0 Å². The monoisotopic (exact) mass is 381 g/mol. The molecule has 1 amide bonds. The Balaban J connectivity index is 1.75. The number of rotatable bonds is 4. The standard InChI is InChI=1S/C20H13Cl2N3O/c21-18-8-7-17(10-19(18)22)25-20(26)15(11-23)12-24-16-6-5-13-3-1-2-4-14(13)9-16/h1-10,12,24H,(H,25,26)/b15-12-. The predicted octanol–water partition coefficient (Wildman–Crippen LogP) is 5.60. The molecular formula is C20H13Cl2N3O. The number of amides is 1. The summed E-state index contributed by atoms with van der Waals surface area (Å²) < 4.78 is 0. The van der Waals surface area contributed by atoms with Gasteiger partial charge in [-0.15, -0.1) is 0 Å². The van der Waals surface area contributed by atoms with Crippen molar-refractivity contribution >= 4 is 51.3 Å². The van der Waals surface area contributed by atoms with E-state index in [2.05, 4.69) is 10.6 Å². The molecular weight excluding hydrogens is 369 g/mol. The van der Waals surface area contributed by atoms with Gasteiger partial charge in [-0.05, 0) is 41.1 Å². The third kappa shape index (κ3) is 4.15. The predicted molar refractivity (Wildman–Crippen MR) is 106 cm³/mol. The highest BCUT2D eigenvalue weighted by Crippen LogP contribution is 2.25. The molecule has 0 heterocycles. The van der Waals surface area contributed by atoms with Crippen LogP contribution >= 0.6 is 23.2 Å². The summed E-state index contributed by atoms with van der Waals surface area (Å²) in [6.45, 7) is 0. The number of benzene rings is 3. The molecule has 0 atom stereocenters. The minimum atomic E-state index is -0.542. The number of carbonyl (C=O) groups excluding carboxylic acids is 1. The largest absolute Gasteiger partial charge is 0.360 e. The van der Waals surface area contributed by atoms with Gasteiger partial charge in [0.15, 0.2) is 0 Å². The van der Waals surface area contributed by atoms with Crippen molar-refractivity contribution in [2.24, 2.45) is 0 Å². The lowest BCUT2D eigenvalue weighted by Crippen LogP contribution is -2.14. The minimum absolute atomic E-state index is 0.0655. The van der Waals surface area contributed by atoms with Gasteiger partial charge in [0.2, 0.25) is 0 Å². The Hall–Kier alpha value is -3.00. The van der Waals surface area contributed by atoms with Gasteiger partial charge < -0.3 is 10.6 Å². The van der Waals surface area contributed by atoms with Crippen LogP contribution in [0.2, 0.25) is 10.0 Å². The Morgan fingerprint density at radius 2 is 1.65 bits per heavy atom. The van der Waals surface area contributed by atoms with Crippen molar-refractivity contribution in [3.8, 4) is 6.07 Å². The van der Waals surface area contributed by atoms with Crippen molar-refractivity contribution in [2.45, 2.75) is 0 Å². The quantitative estimate of drug-likeness (QED) is 0.456. The normalized spacial score (nSPS) is 11.0. The van der Waals surface area contributed by atoms with E-state index in [4.69, 9.17) is 23.2 Å². The van der Waals surface area contributed by atoms with E-state index in [0.29, 0.717) is 15.7 Å². The Bertz CT molecular complexity index is 1050. The van der Waals surface area contributed by atoms with Crippen LogP contribution in [-0.4, -0.2) is 5.91 Å². The van der Waals surface area contributed by atoms with Crippen LogP contribution in [0.25, 0.3) is 10.8 Å². The van der Waals surface area contributed by atoms with E-state index in [1.807, 2.05) is 48.5 Å². The van der Waals surface area contributed by atoms with Crippen molar-refractivity contribution in [1.29, 1.82) is 5.26 Å². The molecule has 0 radical (unpaired) electrons. The Morgan fingerprint density at radius 3 is 2.38 bits per heavy atom. The zero-order valence-corrected chi connectivity index (χ0v) is 15.0. The van der Waals surface area contributed by atoms with Crippen LogP contribution in [0, 0.1) is 11.3 Å². The highest BCUT2D eigenvalue weighted by Gasteiger charge is 2.10. The fourth-order valence-electron chi connectivity index (χ4n) is 2.36. The highest BCUT2D eigenvalue weighted by molar-refractivity contribution is 6.42. The van der Waals surface area contributed by atoms with Crippen LogP contribution in [0.4, 0.5) is 11.4 Å². The average molecular weight is 382 g/mol. The summed E-state index contributed by atoms with van der Waals surface area (Å²) in [6.07, 6.45) is 1.37. The van der Waals surface area contributed by atoms with Crippen LogP contribution in [0.5, 0.6) is 0 Å². The molecule has 2 N–H and O–H groups in total. The van der Waals surface area contributed by atoms with Gasteiger partial charge in [0.1, 0.15) is 11.6 Å². The lowest BCUT2D eigenvalue weighted by Gasteiger charge is -2.07. The lowest BCUT2D eigenvalue weighted by atomic mass is 10.1. The van der Waals surface area contributed by atoms with Crippen LogP contribution < -0.4 is 10.6 Å². The number of hydrogen-bond acceptors (Lipinski definition) is 3. The third-order valence-electron chi connectivity index (χ3n) is 3.68. The van der Waals surface area contributed by atoms with Crippen LogP contribution in [0.1, 0.15) is 0 Å². The zero-order valence-electron chi connectivity index (χ0n) is 13.5. The summed E-state index contributed by atoms with van der Waals surface area (Å²) >= 11 is 11.8. The van der Waals surface area contributed by atoms with Gasteiger partial charge in [0, 0.05) is 17.6 Å². The summed E-state index contributed by atoms with van der Waals surface area (Å²) in [5.74, 6) is -0.542. The smallest absolute Gasteiger partial charge is 0.267 e. The van der Waals surface area contributed by atoms with Gasteiger partial charge in [-0.25, -0.2) is 0 Å². The van der Waals surface area contributed by atoms with E-state index < -0.39 is 5.91 Å². The molecule has 0 aromatic heterocycles. The maximum absolute atomic E-state index is 12.3. The molecule has 0 unspecified atom stereocenters. The first-order chi connectivity index (χ1) is 12.6. The first-order valence-corrected chi connectivity index (χ1v) is 8.44. The first kappa shape index (κ1) is 17.8. The highest BCUT2D eigenvalue weighted by atomic mass is 35.5. The molecule has 3 aromatic rings. The molecule has 0 aliphatic heterocycles. The van der Waals surface area contributed by atoms with Gasteiger partial charge in [-0.2, -0.15) is 5.26 Å². The van der Waals surface area contributed by atoms with E-state index in [9.17, 15) is 10.1 Å². The summed E-state index contributed by atoms with van der Waals surface area (Å²) in [5.41, 5.74) is 1.17. The number of anilines is 2. The average Bonchev–Trinajstić information content (AvgIpc) is 2.65. The number of carbonyl (C=O) groups is 1. The molecule has 128 valence electrons. The van der Waals surface area contributed by atoms with Gasteiger partial charge in [0.05, 0.1) is 10.0 Å². The number of halogens is 2. The second-order valence-corrected chi connectivity index (χ2v) is 6.27. The fraction of sp³-hybridized carbons (Fsp3) is 0. The fourth-order valence-corrected chi connectivity index (χ4v) is 2.65. The molecule has 0 aliphatic carbocycles. The summed E-state index contributed by atoms with van der Waals surface area (Å²) in [6, 6.07) is 20.3. The van der Waals surface area contributed by atoms with E-state index in [-0.39, 0.29) is 5.57 Å². The van der Waals surface area contributed by atoms with E-state index >= 15 is 0 Å². The number of nitrogens with zero attached hydrogens (tertiary/aromatic N) is 1. The van der Waals surface area contributed by atoms with Gasteiger partial charge in [-0.3, -0.25) is 4.79 Å². The van der Waals surface area contributed by atoms with Crippen molar-refractivity contribution in [2.75, 3.05) is 10.6 Å². The zero-order chi connectivity index (χ0) is 18.5. The van der Waals surface area contributed by atoms with E-state index in [1.54, 1.807) is 12.1 Å². The van der Waals surface area contributed by atoms with Crippen molar-refractivity contribution in [3.63, 3.8) is 0 Å². The number of hydrogen-bond donors (Lipinski definition) is 2. The SMILES string of the molecule is N#C/C(=C/Nc1ccc2ccccc2c1)C(=O)Nc1ccc(Cl)c(Cl)c1. The molecule has 0 spiro atoms. The molecule has 6 heteroatoms. The minimum Gasteiger partial charge on any atom is -0.360 e. The molecule has 0 fully saturated rings.